The first-order valence-corrected chi connectivity index (χ1v) is 10.0. The van der Waals surface area contributed by atoms with Crippen LogP contribution >= 0.6 is 0 Å². The minimum absolute atomic E-state index is 0.00977. The summed E-state index contributed by atoms with van der Waals surface area (Å²) in [7, 11) is 1.66. The van der Waals surface area contributed by atoms with Crippen LogP contribution in [0.1, 0.15) is 59.3 Å². The number of methoxy groups -OCH3 is 1. The minimum atomic E-state index is -0.522. The van der Waals surface area contributed by atoms with Crippen molar-refractivity contribution < 1.29 is 29.0 Å². The molecule has 1 aliphatic rings. The third-order valence-corrected chi connectivity index (χ3v) is 5.25. The van der Waals surface area contributed by atoms with E-state index >= 15 is 0 Å². The van der Waals surface area contributed by atoms with Gasteiger partial charge in [0.25, 0.3) is 0 Å². The van der Waals surface area contributed by atoms with E-state index in [2.05, 4.69) is 0 Å². The normalized spacial score (nSPS) is 23.4. The van der Waals surface area contributed by atoms with Crippen LogP contribution in [0.25, 0.3) is 0 Å². The highest BCUT2D eigenvalue weighted by molar-refractivity contribution is 6.02. The fourth-order valence-corrected chi connectivity index (χ4v) is 3.94. The van der Waals surface area contributed by atoms with Crippen LogP contribution in [0, 0.1) is 11.8 Å². The summed E-state index contributed by atoms with van der Waals surface area (Å²) in [5, 5.41) is 9.00. The van der Waals surface area contributed by atoms with E-state index in [1.165, 1.54) is 6.08 Å². The van der Waals surface area contributed by atoms with Crippen molar-refractivity contribution in [2.45, 2.75) is 65.4 Å². The van der Waals surface area contributed by atoms with E-state index in [-0.39, 0.29) is 49.1 Å². The molecular formula is C22H34O6. The summed E-state index contributed by atoms with van der Waals surface area (Å²) in [6.45, 7) is 5.69. The first-order chi connectivity index (χ1) is 13.3. The molecule has 0 aliphatic heterocycles. The van der Waals surface area contributed by atoms with Gasteiger partial charge in [0.2, 0.25) is 0 Å². The number of rotatable bonds is 11. The number of ketones is 2. The Morgan fingerprint density at radius 1 is 1.11 bits per heavy atom. The fourth-order valence-electron chi connectivity index (χ4n) is 3.94. The molecule has 0 aromatic rings. The van der Waals surface area contributed by atoms with E-state index in [1.807, 2.05) is 13.8 Å². The van der Waals surface area contributed by atoms with Crippen LogP contribution in [0.4, 0.5) is 0 Å². The lowest BCUT2D eigenvalue weighted by molar-refractivity contribution is -0.144. The predicted molar refractivity (Wildman–Crippen MR) is 107 cm³/mol. The van der Waals surface area contributed by atoms with E-state index in [0.717, 1.165) is 30.4 Å². The van der Waals surface area contributed by atoms with Gasteiger partial charge in [-0.15, -0.1) is 0 Å². The van der Waals surface area contributed by atoms with Crippen molar-refractivity contribution in [1.29, 1.82) is 0 Å². The van der Waals surface area contributed by atoms with E-state index in [0.29, 0.717) is 12.8 Å². The Morgan fingerprint density at radius 3 is 2.43 bits per heavy atom. The number of ether oxygens (including phenoxy) is 2. The summed E-state index contributed by atoms with van der Waals surface area (Å²) in [6, 6.07) is 0. The molecule has 0 aromatic carbocycles. The molecule has 1 N–H and O–H groups in total. The standard InChI is InChI=1S/C22H34O6/c1-5-28-22(26)14-18(25)12-16(3)19-7-6-8-21(27-4)20(19)13-17(24)11-15(2)9-10-23/h11-12,19-21,23H,5-10,13-14H2,1-4H3/b15-11+,16-12+/t19-,20-,21+/m0/s1. The van der Waals surface area contributed by atoms with E-state index < -0.39 is 5.97 Å². The Morgan fingerprint density at radius 2 is 1.82 bits per heavy atom. The maximum Gasteiger partial charge on any atom is 0.313 e. The molecule has 0 aromatic heterocycles. The second-order valence-electron chi connectivity index (χ2n) is 7.45. The number of carbonyl (C=O) groups excluding carboxylic acids is 3. The molecule has 0 radical (unpaired) electrons. The summed E-state index contributed by atoms with van der Waals surface area (Å²) < 4.78 is 10.5. The lowest BCUT2D eigenvalue weighted by Gasteiger charge is -2.37. The summed E-state index contributed by atoms with van der Waals surface area (Å²) in [5.74, 6) is -0.752. The van der Waals surface area contributed by atoms with Crippen LogP contribution in [0.5, 0.6) is 0 Å². The molecule has 6 heteroatoms. The molecule has 0 spiro atoms. The highest BCUT2D eigenvalue weighted by Crippen LogP contribution is 2.38. The molecule has 1 aliphatic carbocycles. The first-order valence-electron chi connectivity index (χ1n) is 10.0. The average molecular weight is 395 g/mol. The van der Waals surface area contributed by atoms with Gasteiger partial charge >= 0.3 is 5.97 Å². The van der Waals surface area contributed by atoms with Gasteiger partial charge in [-0.3, -0.25) is 14.4 Å². The smallest absolute Gasteiger partial charge is 0.313 e. The van der Waals surface area contributed by atoms with E-state index in [9.17, 15) is 14.4 Å². The van der Waals surface area contributed by atoms with Gasteiger partial charge in [-0.2, -0.15) is 0 Å². The van der Waals surface area contributed by atoms with Crippen LogP contribution in [0.3, 0.4) is 0 Å². The maximum atomic E-state index is 12.5. The highest BCUT2D eigenvalue weighted by atomic mass is 16.5. The zero-order valence-electron chi connectivity index (χ0n) is 17.5. The van der Waals surface area contributed by atoms with Crippen LogP contribution in [-0.4, -0.2) is 49.1 Å². The van der Waals surface area contributed by atoms with Crippen molar-refractivity contribution in [2.24, 2.45) is 11.8 Å². The molecule has 3 atom stereocenters. The first kappa shape index (κ1) is 24.2. The topological polar surface area (TPSA) is 89.9 Å². The lowest BCUT2D eigenvalue weighted by Crippen LogP contribution is -2.36. The van der Waals surface area contributed by atoms with E-state index in [1.54, 1.807) is 20.1 Å². The molecule has 1 fully saturated rings. The second kappa shape index (κ2) is 12.6. The van der Waals surface area contributed by atoms with Gasteiger partial charge in [0.15, 0.2) is 11.6 Å². The SMILES string of the molecule is CCOC(=O)CC(=O)/C=C(\C)[C@@H]1CCC[C@@H](OC)[C@H]1CC(=O)/C=C(\C)CCO. The molecule has 0 unspecified atom stereocenters. The van der Waals surface area contributed by atoms with Gasteiger partial charge in [0.1, 0.15) is 6.42 Å². The molecular weight excluding hydrogens is 360 g/mol. The van der Waals surface area contributed by atoms with Crippen molar-refractivity contribution in [2.75, 3.05) is 20.3 Å². The predicted octanol–water partition coefficient (Wildman–Crippen LogP) is 3.17. The van der Waals surface area contributed by atoms with Crippen molar-refractivity contribution in [3.8, 4) is 0 Å². The third-order valence-electron chi connectivity index (χ3n) is 5.25. The molecule has 158 valence electrons. The lowest BCUT2D eigenvalue weighted by atomic mass is 9.71. The fraction of sp³-hybridized carbons (Fsp3) is 0.682. The quantitative estimate of drug-likeness (QED) is 0.329. The molecule has 0 heterocycles. The van der Waals surface area contributed by atoms with Crippen LogP contribution < -0.4 is 0 Å². The number of esters is 1. The molecule has 0 bridgehead atoms. The molecule has 1 rings (SSSR count). The molecule has 6 nitrogen and oxygen atoms in total. The van der Waals surface area contributed by atoms with Crippen LogP contribution in [-0.2, 0) is 23.9 Å². The molecule has 0 amide bonds. The Kier molecular flexibility index (Phi) is 10.9. The number of hydrogen-bond donors (Lipinski definition) is 1. The number of hydrogen-bond acceptors (Lipinski definition) is 6. The van der Waals surface area contributed by atoms with Crippen LogP contribution in [0.2, 0.25) is 0 Å². The average Bonchev–Trinajstić information content (AvgIpc) is 2.61. The zero-order chi connectivity index (χ0) is 21.1. The zero-order valence-corrected chi connectivity index (χ0v) is 17.5. The number of aliphatic hydroxyl groups is 1. The van der Waals surface area contributed by atoms with Gasteiger partial charge in [-0.1, -0.05) is 17.6 Å². The third kappa shape index (κ3) is 8.07. The molecule has 28 heavy (non-hydrogen) atoms. The monoisotopic (exact) mass is 394 g/mol. The number of aliphatic hydroxyl groups excluding tert-OH is 1. The van der Waals surface area contributed by atoms with Crippen molar-refractivity contribution in [1.82, 2.24) is 0 Å². The Balaban J connectivity index is 2.91. The van der Waals surface area contributed by atoms with Gasteiger partial charge in [-0.05, 0) is 64.0 Å². The van der Waals surface area contributed by atoms with Gasteiger partial charge in [0, 0.05) is 20.1 Å². The number of carbonyl (C=O) groups is 3. The summed E-state index contributed by atoms with van der Waals surface area (Å²) >= 11 is 0. The summed E-state index contributed by atoms with van der Waals surface area (Å²) in [4.78, 5) is 36.2. The molecule has 1 saturated carbocycles. The Hall–Kier alpha value is -1.79. The summed E-state index contributed by atoms with van der Waals surface area (Å²) in [5.41, 5.74) is 1.73. The Bertz CT molecular complexity index is 604. The van der Waals surface area contributed by atoms with E-state index in [4.69, 9.17) is 14.6 Å². The van der Waals surface area contributed by atoms with Crippen molar-refractivity contribution in [3.05, 3.63) is 23.3 Å². The van der Waals surface area contributed by atoms with Gasteiger partial charge < -0.3 is 14.6 Å². The van der Waals surface area contributed by atoms with Crippen molar-refractivity contribution >= 4 is 17.5 Å². The van der Waals surface area contributed by atoms with Gasteiger partial charge in [0.05, 0.1) is 12.7 Å². The maximum absolute atomic E-state index is 12.5. The highest BCUT2D eigenvalue weighted by Gasteiger charge is 2.35. The number of allylic oxidation sites excluding steroid dienone is 3. The minimum Gasteiger partial charge on any atom is -0.466 e. The van der Waals surface area contributed by atoms with Gasteiger partial charge in [-0.25, -0.2) is 0 Å². The largest absolute Gasteiger partial charge is 0.466 e. The van der Waals surface area contributed by atoms with Crippen LogP contribution in [0.15, 0.2) is 23.3 Å². The summed E-state index contributed by atoms with van der Waals surface area (Å²) in [6.07, 6.45) is 6.35. The Labute approximate surface area is 168 Å². The van der Waals surface area contributed by atoms with Crippen molar-refractivity contribution in [3.63, 3.8) is 0 Å². The second-order valence-corrected chi connectivity index (χ2v) is 7.45. The molecule has 0 saturated heterocycles.